The summed E-state index contributed by atoms with van der Waals surface area (Å²) in [6.07, 6.45) is 0. The molecule has 0 unspecified atom stereocenters. The third kappa shape index (κ3) is 7.48. The van der Waals surface area contributed by atoms with Gasteiger partial charge < -0.3 is 0 Å². The molecule has 9 rings (SSSR count). The zero-order valence-corrected chi connectivity index (χ0v) is 30.6. The van der Waals surface area contributed by atoms with Crippen molar-refractivity contribution in [2.75, 3.05) is 0 Å². The van der Waals surface area contributed by atoms with E-state index in [0.717, 1.165) is 77.9 Å². The van der Waals surface area contributed by atoms with Gasteiger partial charge >= 0.3 is 0 Å². The zero-order valence-electron chi connectivity index (χ0n) is 29.8. The number of hydrogen-bond acceptors (Lipinski definition) is 3. The minimum atomic E-state index is 0.144. The minimum absolute atomic E-state index is 0.144. The van der Waals surface area contributed by atoms with Crippen molar-refractivity contribution in [1.29, 1.82) is 0 Å². The third-order valence-corrected chi connectivity index (χ3v) is 9.98. The fourth-order valence-corrected chi connectivity index (χ4v) is 7.22. The van der Waals surface area contributed by atoms with E-state index >= 15 is 0 Å². The van der Waals surface area contributed by atoms with E-state index < -0.39 is 0 Å². The van der Waals surface area contributed by atoms with E-state index in [-0.39, 0.29) is 5.28 Å². The smallest absolute Gasteiger partial charge is 0.208 e. The Morgan fingerprint density at radius 1 is 0.218 bits per heavy atom. The summed E-state index contributed by atoms with van der Waals surface area (Å²) in [5.41, 5.74) is 15.3. The van der Waals surface area contributed by atoms with Crippen molar-refractivity contribution in [1.82, 2.24) is 15.0 Å². The second-order valence-electron chi connectivity index (χ2n) is 13.5. The Bertz CT molecular complexity index is 2450. The normalized spacial score (nSPS) is 11.0. The highest BCUT2D eigenvalue weighted by atomic mass is 35.5. The monoisotopic (exact) mass is 723 g/mol. The Kier molecular flexibility index (Phi) is 9.36. The largest absolute Gasteiger partial charge is 0.226 e. The molecule has 0 N–H and O–H groups in total. The molecule has 9 aromatic rings. The molecule has 260 valence electrons. The molecular weight excluding hydrogens is 690 g/mol. The van der Waals surface area contributed by atoms with Crippen LogP contribution in [0.1, 0.15) is 0 Å². The van der Waals surface area contributed by atoms with Gasteiger partial charge in [-0.1, -0.05) is 158 Å². The quantitative estimate of drug-likeness (QED) is 0.157. The van der Waals surface area contributed by atoms with Crippen LogP contribution in [0.15, 0.2) is 206 Å². The molecule has 1 heterocycles. The van der Waals surface area contributed by atoms with Gasteiger partial charge in [0.05, 0.1) is 0 Å². The van der Waals surface area contributed by atoms with E-state index in [1.165, 1.54) is 0 Å². The Labute approximate surface area is 326 Å². The molecular formula is C51H34ClN3. The Balaban J connectivity index is 1.10. The van der Waals surface area contributed by atoms with Crippen LogP contribution in [0.25, 0.3) is 89.5 Å². The molecule has 55 heavy (non-hydrogen) atoms. The number of rotatable bonds is 8. The lowest BCUT2D eigenvalue weighted by atomic mass is 9.92. The van der Waals surface area contributed by atoms with Crippen molar-refractivity contribution in [2.24, 2.45) is 0 Å². The van der Waals surface area contributed by atoms with Crippen molar-refractivity contribution in [3.8, 4) is 89.5 Å². The van der Waals surface area contributed by atoms with Gasteiger partial charge in [0.25, 0.3) is 0 Å². The van der Waals surface area contributed by atoms with Gasteiger partial charge in [0.15, 0.2) is 11.6 Å². The Morgan fingerprint density at radius 2 is 0.455 bits per heavy atom. The summed E-state index contributed by atoms with van der Waals surface area (Å²) < 4.78 is 0. The molecule has 1 aromatic heterocycles. The molecule has 0 bridgehead atoms. The second-order valence-corrected chi connectivity index (χ2v) is 13.8. The fourth-order valence-electron chi connectivity index (χ4n) is 7.06. The average molecular weight is 724 g/mol. The van der Waals surface area contributed by atoms with Gasteiger partial charge in [-0.3, -0.25) is 0 Å². The summed E-state index contributed by atoms with van der Waals surface area (Å²) >= 11 is 6.66. The van der Waals surface area contributed by atoms with E-state index in [4.69, 9.17) is 16.6 Å². The van der Waals surface area contributed by atoms with Crippen LogP contribution in [0.4, 0.5) is 0 Å². The summed E-state index contributed by atoms with van der Waals surface area (Å²) in [5, 5.41) is 0.144. The van der Waals surface area contributed by atoms with E-state index in [1.54, 1.807) is 0 Å². The standard InChI is InChI=1S/C51H34ClN3/c52-51-54-49(41-25-13-23-39(27-41)47-31-43(35-15-5-1-6-16-35)29-44(32-47)36-17-7-2-8-18-36)53-50(55-51)42-26-14-24-40(28-42)48-33-45(37-19-9-3-10-20-37)30-46(34-48)38-21-11-4-12-22-38/h1-34H. The van der Waals surface area contributed by atoms with Crippen molar-refractivity contribution in [3.05, 3.63) is 212 Å². The average Bonchev–Trinajstić information content (AvgIpc) is 3.27. The highest BCUT2D eigenvalue weighted by Gasteiger charge is 2.14. The molecule has 0 spiro atoms. The fraction of sp³-hybridized carbons (Fsp3) is 0. The van der Waals surface area contributed by atoms with Crippen LogP contribution in [-0.4, -0.2) is 15.0 Å². The first-order valence-corrected chi connectivity index (χ1v) is 18.7. The molecule has 0 saturated carbocycles. The molecule has 8 aromatic carbocycles. The van der Waals surface area contributed by atoms with Crippen LogP contribution >= 0.6 is 11.6 Å². The van der Waals surface area contributed by atoms with Gasteiger partial charge in [-0.25, -0.2) is 4.98 Å². The molecule has 0 aliphatic carbocycles. The topological polar surface area (TPSA) is 38.7 Å². The predicted molar refractivity (Wildman–Crippen MR) is 228 cm³/mol. The first kappa shape index (κ1) is 33.9. The first-order chi connectivity index (χ1) is 27.1. The highest BCUT2D eigenvalue weighted by molar-refractivity contribution is 6.28. The maximum atomic E-state index is 6.66. The summed E-state index contributed by atoms with van der Waals surface area (Å²) in [6, 6.07) is 72.1. The Hall–Kier alpha value is -6.94. The highest BCUT2D eigenvalue weighted by Crippen LogP contribution is 2.36. The van der Waals surface area contributed by atoms with Crippen LogP contribution in [0, 0.1) is 0 Å². The van der Waals surface area contributed by atoms with Crippen LogP contribution in [0.2, 0.25) is 5.28 Å². The molecule has 3 nitrogen and oxygen atoms in total. The maximum Gasteiger partial charge on any atom is 0.226 e. The van der Waals surface area contributed by atoms with E-state index in [9.17, 15) is 0 Å². The minimum Gasteiger partial charge on any atom is -0.208 e. The first-order valence-electron chi connectivity index (χ1n) is 18.3. The van der Waals surface area contributed by atoms with Gasteiger partial charge in [0.2, 0.25) is 5.28 Å². The SMILES string of the molecule is Clc1nc(-c2cccc(-c3cc(-c4ccccc4)cc(-c4ccccc4)c3)c2)nc(-c2cccc(-c3cc(-c4ccccc4)cc(-c4ccccc4)c3)c2)n1. The summed E-state index contributed by atoms with van der Waals surface area (Å²) in [7, 11) is 0. The van der Waals surface area contributed by atoms with Gasteiger partial charge in [-0.15, -0.1) is 0 Å². The van der Waals surface area contributed by atoms with Crippen molar-refractivity contribution < 1.29 is 0 Å². The summed E-state index contributed by atoms with van der Waals surface area (Å²) in [5.74, 6) is 1.03. The molecule has 0 amide bonds. The van der Waals surface area contributed by atoms with Gasteiger partial charge in [0, 0.05) is 11.1 Å². The van der Waals surface area contributed by atoms with Crippen molar-refractivity contribution in [2.45, 2.75) is 0 Å². The van der Waals surface area contributed by atoms with Gasteiger partial charge in [-0.2, -0.15) is 9.97 Å². The molecule has 4 heteroatoms. The van der Waals surface area contributed by atoms with Crippen LogP contribution in [0.5, 0.6) is 0 Å². The second kappa shape index (κ2) is 15.2. The van der Waals surface area contributed by atoms with Crippen LogP contribution in [0.3, 0.4) is 0 Å². The third-order valence-electron chi connectivity index (χ3n) is 9.81. The molecule has 0 atom stereocenters. The number of hydrogen-bond donors (Lipinski definition) is 0. The number of benzene rings is 8. The zero-order chi connectivity index (χ0) is 37.0. The number of aromatic nitrogens is 3. The maximum absolute atomic E-state index is 6.66. The van der Waals surface area contributed by atoms with Gasteiger partial charge in [0.1, 0.15) is 0 Å². The molecule has 0 aliphatic heterocycles. The predicted octanol–water partition coefficient (Wildman–Crippen LogP) is 13.9. The van der Waals surface area contributed by atoms with E-state index in [1.807, 2.05) is 48.5 Å². The Morgan fingerprint density at radius 3 is 0.764 bits per heavy atom. The van der Waals surface area contributed by atoms with E-state index in [0.29, 0.717) is 11.6 Å². The number of halogens is 1. The van der Waals surface area contributed by atoms with Crippen molar-refractivity contribution in [3.63, 3.8) is 0 Å². The molecule has 0 fully saturated rings. The summed E-state index contributed by atoms with van der Waals surface area (Å²) in [6.45, 7) is 0. The van der Waals surface area contributed by atoms with Crippen LogP contribution in [-0.2, 0) is 0 Å². The van der Waals surface area contributed by atoms with Crippen molar-refractivity contribution >= 4 is 11.6 Å². The van der Waals surface area contributed by atoms with E-state index in [2.05, 4.69) is 168 Å². The molecule has 0 radical (unpaired) electrons. The van der Waals surface area contributed by atoms with Crippen LogP contribution < -0.4 is 0 Å². The van der Waals surface area contributed by atoms with Gasteiger partial charge in [-0.05, 0) is 127 Å². The summed E-state index contributed by atoms with van der Waals surface area (Å²) in [4.78, 5) is 14.2. The number of nitrogens with zero attached hydrogens (tertiary/aromatic N) is 3. The molecule has 0 saturated heterocycles. The molecule has 0 aliphatic rings. The lowest BCUT2D eigenvalue weighted by Crippen LogP contribution is -1.98. The lowest BCUT2D eigenvalue weighted by molar-refractivity contribution is 1.07. The lowest BCUT2D eigenvalue weighted by Gasteiger charge is -2.13.